The second-order valence-corrected chi connectivity index (χ2v) is 7.18. The van der Waals surface area contributed by atoms with E-state index >= 15 is 0 Å². The minimum absolute atomic E-state index is 0.0474. The Morgan fingerprint density at radius 2 is 1.78 bits per heavy atom. The van der Waals surface area contributed by atoms with Gasteiger partial charge in [-0.05, 0) is 50.4 Å². The summed E-state index contributed by atoms with van der Waals surface area (Å²) in [5.74, 6) is 0.416. The molecule has 1 heterocycles. The zero-order valence-corrected chi connectivity index (χ0v) is 14.2. The Labute approximate surface area is 137 Å². The lowest BCUT2D eigenvalue weighted by Gasteiger charge is -2.45. The third-order valence-electron chi connectivity index (χ3n) is 4.71. The van der Waals surface area contributed by atoms with Crippen LogP contribution in [0.15, 0.2) is 24.3 Å². The van der Waals surface area contributed by atoms with E-state index in [0.29, 0.717) is 18.0 Å². The van der Waals surface area contributed by atoms with Gasteiger partial charge in [-0.3, -0.25) is 4.90 Å². The van der Waals surface area contributed by atoms with Gasteiger partial charge in [0.15, 0.2) is 0 Å². The van der Waals surface area contributed by atoms with E-state index in [0.717, 1.165) is 32.5 Å². The Balaban J connectivity index is 2.28. The number of benzene rings is 1. The first kappa shape index (κ1) is 18.3. The molecule has 5 heteroatoms. The van der Waals surface area contributed by atoms with Crippen molar-refractivity contribution >= 4 is 0 Å². The van der Waals surface area contributed by atoms with E-state index in [4.69, 9.17) is 0 Å². The molecule has 1 fully saturated rings. The SMILES string of the molecule is CC(C)CN(Cc1ccccc1C(F)(F)F)C1(C)CCNCC1. The van der Waals surface area contributed by atoms with Crippen LogP contribution >= 0.6 is 0 Å². The van der Waals surface area contributed by atoms with Crippen LogP contribution in [-0.2, 0) is 12.7 Å². The molecule has 0 spiro atoms. The molecule has 0 unspecified atom stereocenters. The average molecular weight is 328 g/mol. The van der Waals surface area contributed by atoms with Crippen molar-refractivity contribution < 1.29 is 13.2 Å². The van der Waals surface area contributed by atoms with Gasteiger partial charge in [0.2, 0.25) is 0 Å². The highest BCUT2D eigenvalue weighted by Gasteiger charge is 2.37. The smallest absolute Gasteiger partial charge is 0.317 e. The van der Waals surface area contributed by atoms with Crippen molar-refractivity contribution in [2.45, 2.75) is 51.9 Å². The summed E-state index contributed by atoms with van der Waals surface area (Å²) < 4.78 is 39.8. The molecule has 2 rings (SSSR count). The Hall–Kier alpha value is -1.07. The van der Waals surface area contributed by atoms with E-state index in [1.165, 1.54) is 12.1 Å². The predicted octanol–water partition coefficient (Wildman–Crippen LogP) is 4.31. The summed E-state index contributed by atoms with van der Waals surface area (Å²) in [7, 11) is 0. The van der Waals surface area contributed by atoms with Crippen molar-refractivity contribution in [3.63, 3.8) is 0 Å². The standard InChI is InChI=1S/C18H27F3N2/c1-14(2)12-23(17(3)8-10-22-11-9-17)13-15-6-4-5-7-16(15)18(19,20)21/h4-7,14,22H,8-13H2,1-3H3. The summed E-state index contributed by atoms with van der Waals surface area (Å²) in [6, 6.07) is 5.96. The molecule has 0 aliphatic carbocycles. The molecule has 23 heavy (non-hydrogen) atoms. The van der Waals surface area contributed by atoms with Crippen molar-refractivity contribution in [1.82, 2.24) is 10.2 Å². The van der Waals surface area contributed by atoms with Crippen LogP contribution in [0.25, 0.3) is 0 Å². The van der Waals surface area contributed by atoms with Crippen LogP contribution in [0.3, 0.4) is 0 Å². The van der Waals surface area contributed by atoms with Gasteiger partial charge in [0.05, 0.1) is 5.56 Å². The molecule has 1 aliphatic rings. The maximum atomic E-state index is 13.3. The summed E-state index contributed by atoms with van der Waals surface area (Å²) in [6.07, 6.45) is -2.36. The van der Waals surface area contributed by atoms with Gasteiger partial charge in [-0.2, -0.15) is 13.2 Å². The molecular weight excluding hydrogens is 301 g/mol. The second kappa shape index (κ2) is 7.22. The molecule has 1 aromatic carbocycles. The summed E-state index contributed by atoms with van der Waals surface area (Å²) in [5.41, 5.74) is -0.180. The molecular formula is C18H27F3N2. The number of nitrogens with one attached hydrogen (secondary N) is 1. The first-order chi connectivity index (χ1) is 10.7. The summed E-state index contributed by atoms with van der Waals surface area (Å²) in [6.45, 7) is 9.43. The highest BCUT2D eigenvalue weighted by molar-refractivity contribution is 5.29. The molecule has 0 aromatic heterocycles. The van der Waals surface area contributed by atoms with E-state index in [9.17, 15) is 13.2 Å². The van der Waals surface area contributed by atoms with Crippen LogP contribution in [0.2, 0.25) is 0 Å². The molecule has 1 aromatic rings. The highest BCUT2D eigenvalue weighted by atomic mass is 19.4. The van der Waals surface area contributed by atoms with Crippen molar-refractivity contribution in [2.75, 3.05) is 19.6 Å². The lowest BCUT2D eigenvalue weighted by Crippen LogP contribution is -2.53. The molecule has 0 atom stereocenters. The van der Waals surface area contributed by atoms with Gasteiger partial charge in [-0.1, -0.05) is 32.0 Å². The molecule has 2 nitrogen and oxygen atoms in total. The van der Waals surface area contributed by atoms with Crippen LogP contribution in [-0.4, -0.2) is 30.1 Å². The van der Waals surface area contributed by atoms with Gasteiger partial charge in [0.25, 0.3) is 0 Å². The lowest BCUT2D eigenvalue weighted by atomic mass is 9.87. The molecule has 0 saturated carbocycles. The summed E-state index contributed by atoms with van der Waals surface area (Å²) in [5, 5.41) is 3.34. The van der Waals surface area contributed by atoms with Gasteiger partial charge >= 0.3 is 6.18 Å². The third-order valence-corrected chi connectivity index (χ3v) is 4.71. The van der Waals surface area contributed by atoms with Crippen LogP contribution in [0.4, 0.5) is 13.2 Å². The fourth-order valence-electron chi connectivity index (χ4n) is 3.34. The number of hydrogen-bond acceptors (Lipinski definition) is 2. The van der Waals surface area contributed by atoms with Crippen molar-refractivity contribution in [1.29, 1.82) is 0 Å². The van der Waals surface area contributed by atoms with Crippen molar-refractivity contribution in [3.8, 4) is 0 Å². The summed E-state index contributed by atoms with van der Waals surface area (Å²) in [4.78, 5) is 2.25. The van der Waals surface area contributed by atoms with E-state index in [1.807, 2.05) is 0 Å². The maximum absolute atomic E-state index is 13.3. The minimum Gasteiger partial charge on any atom is -0.317 e. The number of nitrogens with zero attached hydrogens (tertiary/aromatic N) is 1. The van der Waals surface area contributed by atoms with Crippen molar-refractivity contribution in [2.24, 2.45) is 5.92 Å². The third kappa shape index (κ3) is 4.70. The molecule has 0 amide bonds. The fourth-order valence-corrected chi connectivity index (χ4v) is 3.34. The molecule has 1 N–H and O–H groups in total. The van der Waals surface area contributed by atoms with Gasteiger partial charge in [-0.15, -0.1) is 0 Å². The van der Waals surface area contributed by atoms with E-state index in [1.54, 1.807) is 12.1 Å². The maximum Gasteiger partial charge on any atom is 0.416 e. The van der Waals surface area contributed by atoms with Crippen LogP contribution in [0, 0.1) is 5.92 Å². The van der Waals surface area contributed by atoms with Crippen molar-refractivity contribution in [3.05, 3.63) is 35.4 Å². The quantitative estimate of drug-likeness (QED) is 0.867. The van der Waals surface area contributed by atoms with Gasteiger partial charge in [-0.25, -0.2) is 0 Å². The Morgan fingerprint density at radius 3 is 2.35 bits per heavy atom. The predicted molar refractivity (Wildman–Crippen MR) is 87.2 cm³/mol. The van der Waals surface area contributed by atoms with Crippen LogP contribution < -0.4 is 5.32 Å². The normalized spacial score (nSPS) is 18.6. The monoisotopic (exact) mass is 328 g/mol. The largest absolute Gasteiger partial charge is 0.416 e. The topological polar surface area (TPSA) is 15.3 Å². The fraction of sp³-hybridized carbons (Fsp3) is 0.667. The number of halogens is 3. The molecule has 130 valence electrons. The van der Waals surface area contributed by atoms with Crippen LogP contribution in [0.1, 0.15) is 44.7 Å². The average Bonchev–Trinajstić information content (AvgIpc) is 2.46. The highest BCUT2D eigenvalue weighted by Crippen LogP contribution is 2.35. The number of piperidine rings is 1. The zero-order chi connectivity index (χ0) is 17.1. The van der Waals surface area contributed by atoms with E-state index in [2.05, 4.69) is 31.0 Å². The van der Waals surface area contributed by atoms with E-state index in [-0.39, 0.29) is 5.54 Å². The Bertz CT molecular complexity index is 505. The molecule has 0 bridgehead atoms. The number of hydrogen-bond donors (Lipinski definition) is 1. The number of alkyl halides is 3. The van der Waals surface area contributed by atoms with Crippen LogP contribution in [0.5, 0.6) is 0 Å². The minimum atomic E-state index is -4.30. The lowest BCUT2D eigenvalue weighted by molar-refractivity contribution is -0.138. The second-order valence-electron chi connectivity index (χ2n) is 7.18. The van der Waals surface area contributed by atoms with Gasteiger partial charge < -0.3 is 5.32 Å². The van der Waals surface area contributed by atoms with Gasteiger partial charge in [0.1, 0.15) is 0 Å². The zero-order valence-electron chi connectivity index (χ0n) is 14.2. The first-order valence-corrected chi connectivity index (χ1v) is 8.33. The first-order valence-electron chi connectivity index (χ1n) is 8.33. The molecule has 1 aliphatic heterocycles. The van der Waals surface area contributed by atoms with Gasteiger partial charge in [0, 0.05) is 18.6 Å². The Morgan fingerprint density at radius 1 is 1.17 bits per heavy atom. The number of rotatable bonds is 5. The summed E-state index contributed by atoms with van der Waals surface area (Å²) >= 11 is 0. The molecule has 0 radical (unpaired) electrons. The van der Waals surface area contributed by atoms with E-state index < -0.39 is 11.7 Å². The Kier molecular flexibility index (Phi) is 5.74. The molecule has 1 saturated heterocycles.